The Labute approximate surface area is 151 Å². The summed E-state index contributed by atoms with van der Waals surface area (Å²) in [7, 11) is 0. The Morgan fingerprint density at radius 1 is 0.880 bits per heavy atom. The van der Waals surface area contributed by atoms with Gasteiger partial charge in [-0.05, 0) is 102 Å². The lowest BCUT2D eigenvalue weighted by Crippen LogP contribution is -2.05. The summed E-state index contributed by atoms with van der Waals surface area (Å²) < 4.78 is 0. The lowest BCUT2D eigenvalue weighted by atomic mass is 9.94. The number of ketones is 1. The number of aryl methyl sites for hydroxylation is 2. The number of carbonyl (C=O) groups excluding carboxylic acids is 1. The summed E-state index contributed by atoms with van der Waals surface area (Å²) in [5.74, 6) is 0.650. The van der Waals surface area contributed by atoms with Gasteiger partial charge in [0, 0.05) is 0 Å². The van der Waals surface area contributed by atoms with Crippen LogP contribution in [0.15, 0.2) is 53.1 Å². The maximum atomic E-state index is 12.0. The van der Waals surface area contributed by atoms with Crippen molar-refractivity contribution in [1.82, 2.24) is 0 Å². The lowest BCUT2D eigenvalue weighted by Gasteiger charge is -2.10. The van der Waals surface area contributed by atoms with Gasteiger partial charge in [0.25, 0.3) is 0 Å². The monoisotopic (exact) mass is 330 g/mol. The van der Waals surface area contributed by atoms with Crippen molar-refractivity contribution in [3.8, 4) is 11.1 Å². The minimum atomic E-state index is 0.143. The third-order valence-corrected chi connectivity index (χ3v) is 5.06. The van der Waals surface area contributed by atoms with Crippen molar-refractivity contribution in [2.75, 3.05) is 0 Å². The first-order valence-corrected chi connectivity index (χ1v) is 8.94. The molecule has 3 aliphatic rings. The fraction of sp³-hybridized carbons (Fsp3) is 0.292. The molecule has 0 fully saturated rings. The van der Waals surface area contributed by atoms with E-state index in [1.807, 2.05) is 26.0 Å². The SMILES string of the molecule is CC1=CC(=Cc2cc(C)c3cc(C(C)C)ccc(C)c2-3)C=C(C)C1=O. The third kappa shape index (κ3) is 3.24. The van der Waals surface area contributed by atoms with Crippen LogP contribution >= 0.6 is 0 Å². The molecular weight excluding hydrogens is 304 g/mol. The van der Waals surface area contributed by atoms with E-state index >= 15 is 0 Å². The van der Waals surface area contributed by atoms with Gasteiger partial charge >= 0.3 is 0 Å². The normalized spacial score (nSPS) is 14.8. The maximum absolute atomic E-state index is 12.0. The molecule has 0 heterocycles. The molecule has 0 N–H and O–H groups in total. The molecule has 128 valence electrons. The van der Waals surface area contributed by atoms with Gasteiger partial charge in [0.15, 0.2) is 5.78 Å². The Morgan fingerprint density at radius 3 is 2.12 bits per heavy atom. The molecule has 1 heteroatoms. The molecule has 0 radical (unpaired) electrons. The summed E-state index contributed by atoms with van der Waals surface area (Å²) in [4.78, 5) is 12.0. The third-order valence-electron chi connectivity index (χ3n) is 5.06. The van der Waals surface area contributed by atoms with Crippen LogP contribution in [-0.2, 0) is 4.79 Å². The van der Waals surface area contributed by atoms with Crippen LogP contribution in [0.3, 0.4) is 0 Å². The molecule has 0 aliphatic heterocycles. The topological polar surface area (TPSA) is 17.1 Å². The molecule has 0 aromatic heterocycles. The zero-order valence-electron chi connectivity index (χ0n) is 16.0. The van der Waals surface area contributed by atoms with Crippen LogP contribution in [0.1, 0.15) is 55.9 Å². The summed E-state index contributed by atoms with van der Waals surface area (Å²) >= 11 is 0. The minimum absolute atomic E-state index is 0.143. The molecule has 0 bridgehead atoms. The summed E-state index contributed by atoms with van der Waals surface area (Å²) in [5.41, 5.74) is 10.5. The zero-order chi connectivity index (χ0) is 18.3. The minimum Gasteiger partial charge on any atom is -0.289 e. The van der Waals surface area contributed by atoms with Crippen LogP contribution in [-0.4, -0.2) is 5.78 Å². The molecule has 0 aromatic carbocycles. The van der Waals surface area contributed by atoms with E-state index in [1.54, 1.807) is 0 Å². The molecular formula is C24H26O. The molecule has 0 saturated carbocycles. The first-order valence-electron chi connectivity index (χ1n) is 8.94. The lowest BCUT2D eigenvalue weighted by molar-refractivity contribution is -0.112. The molecule has 0 unspecified atom stereocenters. The number of hydrogen-bond donors (Lipinski definition) is 0. The summed E-state index contributed by atoms with van der Waals surface area (Å²) in [6, 6.07) is 9.06. The van der Waals surface area contributed by atoms with Crippen molar-refractivity contribution in [2.24, 2.45) is 0 Å². The second-order valence-corrected chi connectivity index (χ2v) is 7.51. The molecule has 25 heavy (non-hydrogen) atoms. The Hall–Kier alpha value is -2.41. The van der Waals surface area contributed by atoms with E-state index in [0.717, 1.165) is 16.7 Å². The van der Waals surface area contributed by atoms with Gasteiger partial charge in [-0.15, -0.1) is 0 Å². The van der Waals surface area contributed by atoms with Crippen LogP contribution < -0.4 is 0 Å². The van der Waals surface area contributed by atoms with E-state index in [4.69, 9.17) is 0 Å². The van der Waals surface area contributed by atoms with E-state index in [9.17, 15) is 4.79 Å². The van der Waals surface area contributed by atoms with Gasteiger partial charge in [-0.1, -0.05) is 38.1 Å². The summed E-state index contributed by atoms with van der Waals surface area (Å²) in [5, 5.41) is 0. The predicted molar refractivity (Wildman–Crippen MR) is 107 cm³/mol. The van der Waals surface area contributed by atoms with Gasteiger partial charge < -0.3 is 0 Å². The van der Waals surface area contributed by atoms with Crippen molar-refractivity contribution >= 4 is 11.9 Å². The number of hydrogen-bond acceptors (Lipinski definition) is 1. The standard InChI is InChI=1S/C24H26O/c1-14(2)20-8-7-15(3)23-21(11-16(4)22(23)13-20)12-19-9-17(5)24(25)18(6)10-19/h7-14H,1-6H3. The Balaban J connectivity index is 2.18. The van der Waals surface area contributed by atoms with Crippen LogP contribution in [0.2, 0.25) is 0 Å². The van der Waals surface area contributed by atoms with Crippen LogP contribution in [0.25, 0.3) is 17.2 Å². The van der Waals surface area contributed by atoms with Crippen LogP contribution in [0.4, 0.5) is 0 Å². The van der Waals surface area contributed by atoms with Gasteiger partial charge in [-0.3, -0.25) is 4.79 Å². The van der Waals surface area contributed by atoms with Gasteiger partial charge in [-0.25, -0.2) is 0 Å². The van der Waals surface area contributed by atoms with Gasteiger partial charge in [0.05, 0.1) is 0 Å². The highest BCUT2D eigenvalue weighted by Gasteiger charge is 2.17. The Kier molecular flexibility index (Phi) is 4.51. The summed E-state index contributed by atoms with van der Waals surface area (Å²) in [6.07, 6.45) is 6.18. The molecule has 0 saturated heterocycles. The summed E-state index contributed by atoms with van der Waals surface area (Å²) in [6.45, 7) is 12.6. The van der Waals surface area contributed by atoms with Crippen molar-refractivity contribution < 1.29 is 4.79 Å². The van der Waals surface area contributed by atoms with Crippen molar-refractivity contribution in [3.63, 3.8) is 0 Å². The molecule has 0 spiro atoms. The molecule has 1 nitrogen and oxygen atoms in total. The van der Waals surface area contributed by atoms with Gasteiger partial charge in [0.2, 0.25) is 0 Å². The quantitative estimate of drug-likeness (QED) is 0.623. The molecule has 0 atom stereocenters. The van der Waals surface area contributed by atoms with Crippen molar-refractivity contribution in [3.05, 3.63) is 75.4 Å². The molecule has 0 aromatic rings. The second kappa shape index (κ2) is 6.48. The first-order chi connectivity index (χ1) is 11.8. The fourth-order valence-corrected chi connectivity index (χ4v) is 3.60. The number of Topliss-reactive ketones (excluding diaryl/α,β-unsaturated/α-hetero) is 1. The Bertz CT molecular complexity index is 895. The number of allylic oxidation sites excluding steroid dienone is 5. The molecule has 3 rings (SSSR count). The first kappa shape index (κ1) is 17.4. The number of rotatable bonds is 2. The highest BCUT2D eigenvalue weighted by Crippen LogP contribution is 2.37. The maximum Gasteiger partial charge on any atom is 0.184 e. The van der Waals surface area contributed by atoms with Gasteiger partial charge in [-0.2, -0.15) is 0 Å². The van der Waals surface area contributed by atoms with Crippen LogP contribution in [0.5, 0.6) is 0 Å². The van der Waals surface area contributed by atoms with Crippen LogP contribution in [0, 0.1) is 13.8 Å². The van der Waals surface area contributed by atoms with Gasteiger partial charge in [0.1, 0.15) is 0 Å². The highest BCUT2D eigenvalue weighted by atomic mass is 16.1. The molecule has 3 aliphatic carbocycles. The largest absolute Gasteiger partial charge is 0.289 e. The van der Waals surface area contributed by atoms with Crippen molar-refractivity contribution in [2.45, 2.75) is 47.5 Å². The van der Waals surface area contributed by atoms with E-state index in [1.165, 1.54) is 33.4 Å². The molecule has 0 amide bonds. The van der Waals surface area contributed by atoms with E-state index in [2.05, 4.69) is 58.0 Å². The Morgan fingerprint density at radius 2 is 1.52 bits per heavy atom. The van der Waals surface area contributed by atoms with E-state index in [-0.39, 0.29) is 5.78 Å². The highest BCUT2D eigenvalue weighted by molar-refractivity contribution is 6.10. The number of fused-ring (bicyclic) bond motifs is 1. The van der Waals surface area contributed by atoms with Crippen molar-refractivity contribution in [1.29, 1.82) is 0 Å². The van der Waals surface area contributed by atoms with E-state index < -0.39 is 0 Å². The number of carbonyl (C=O) groups is 1. The predicted octanol–water partition coefficient (Wildman–Crippen LogP) is 6.39. The second-order valence-electron chi connectivity index (χ2n) is 7.51. The van der Waals surface area contributed by atoms with E-state index in [0.29, 0.717) is 5.92 Å². The average Bonchev–Trinajstić information content (AvgIpc) is 2.72. The average molecular weight is 330 g/mol. The zero-order valence-corrected chi connectivity index (χ0v) is 16.0. The smallest absolute Gasteiger partial charge is 0.184 e. The fourth-order valence-electron chi connectivity index (χ4n) is 3.60.